The summed E-state index contributed by atoms with van der Waals surface area (Å²) in [4.78, 5) is 39.4. The van der Waals surface area contributed by atoms with Crippen molar-refractivity contribution in [1.29, 1.82) is 0 Å². The van der Waals surface area contributed by atoms with Gasteiger partial charge in [-0.25, -0.2) is 9.97 Å². The number of nitrogens with zero attached hydrogens (tertiary/aromatic N) is 5. The monoisotopic (exact) mass is 685 g/mol. The molecule has 0 bridgehead atoms. The Morgan fingerprint density at radius 3 is 2.06 bits per heavy atom. The summed E-state index contributed by atoms with van der Waals surface area (Å²) >= 11 is 0. The number of piperidine rings is 1. The van der Waals surface area contributed by atoms with E-state index in [-0.39, 0.29) is 60.4 Å². The van der Waals surface area contributed by atoms with E-state index in [4.69, 9.17) is 9.84 Å². The fourth-order valence-electron chi connectivity index (χ4n) is 7.20. The van der Waals surface area contributed by atoms with Gasteiger partial charge in [0.2, 0.25) is 11.9 Å². The number of hydrogen-bond donors (Lipinski definition) is 1. The van der Waals surface area contributed by atoms with Gasteiger partial charge in [-0.1, -0.05) is 6.92 Å². The average Bonchev–Trinajstić information content (AvgIpc) is 3.06. The van der Waals surface area contributed by atoms with Crippen LogP contribution in [0.15, 0.2) is 30.6 Å². The maximum absolute atomic E-state index is 13.7. The smallest absolute Gasteiger partial charge is 0.416 e. The molecule has 264 valence electrons. The number of halogens is 6. The average molecular weight is 686 g/mol. The zero-order valence-electron chi connectivity index (χ0n) is 26.8. The number of amides is 1. The molecule has 2 aliphatic heterocycles. The second-order valence-corrected chi connectivity index (χ2v) is 13.0. The van der Waals surface area contributed by atoms with E-state index in [0.717, 1.165) is 17.8 Å². The molecule has 5 rings (SSSR count). The van der Waals surface area contributed by atoms with Crippen molar-refractivity contribution in [3.63, 3.8) is 0 Å². The molecule has 15 heteroatoms. The number of carboxylic acid groups (broad SMARTS) is 1. The molecule has 0 radical (unpaired) electrons. The number of morpholine rings is 1. The van der Waals surface area contributed by atoms with Gasteiger partial charge in [-0.2, -0.15) is 26.3 Å². The lowest BCUT2D eigenvalue weighted by atomic mass is 9.79. The van der Waals surface area contributed by atoms with E-state index in [1.54, 1.807) is 17.3 Å². The number of likely N-dealkylation sites (tertiary alicyclic amines) is 1. The minimum atomic E-state index is -4.98. The van der Waals surface area contributed by atoms with Gasteiger partial charge in [-0.15, -0.1) is 0 Å². The number of carbonyl (C=O) groups excluding carboxylic acids is 1. The fourth-order valence-corrected chi connectivity index (χ4v) is 7.20. The predicted octanol–water partition coefficient (Wildman–Crippen LogP) is 6.41. The number of alkyl halides is 6. The van der Waals surface area contributed by atoms with Crippen molar-refractivity contribution in [2.75, 3.05) is 42.6 Å². The molecule has 1 saturated carbocycles. The molecule has 1 N–H and O–H groups in total. The molecule has 1 aliphatic carbocycles. The van der Waals surface area contributed by atoms with Crippen LogP contribution in [0.3, 0.4) is 0 Å². The van der Waals surface area contributed by atoms with E-state index >= 15 is 0 Å². The van der Waals surface area contributed by atoms with Crippen molar-refractivity contribution in [2.45, 2.75) is 89.3 Å². The quantitative estimate of drug-likeness (QED) is 0.303. The molecule has 1 aromatic carbocycles. The number of benzene rings is 1. The van der Waals surface area contributed by atoms with Crippen LogP contribution in [0.1, 0.15) is 75.0 Å². The summed E-state index contributed by atoms with van der Waals surface area (Å²) in [7, 11) is 0. The fraction of sp³-hybridized carbons (Fsp3) is 0.636. The Labute approximate surface area is 275 Å². The standard InChI is InChI=1S/C33H41F6N5O4/c1-2-26-17-27(7-8-43(26)30(47)23-5-3-21(4-6-23)15-29(45)46)44(31-40-18-28(19-41-31)42-9-11-48-12-10-42)20-22-13-24(32(34,35)36)16-25(14-22)33(37,38)39/h13-14,16,18-19,21,23,26-27H,2-12,15,17,20H2,1H3,(H,45,46)/t21?,23?,26-,27-/m1/s1. The van der Waals surface area contributed by atoms with Gasteiger partial charge in [0.15, 0.2) is 0 Å². The molecule has 3 aliphatic rings. The van der Waals surface area contributed by atoms with E-state index < -0.39 is 29.4 Å². The Kier molecular flexibility index (Phi) is 11.1. The molecule has 48 heavy (non-hydrogen) atoms. The SMILES string of the molecule is CC[C@@H]1C[C@H](N(Cc2cc(C(F)(F)F)cc(C(F)(F)F)c2)c2ncc(N3CCOCC3)cn2)CCN1C(=O)C1CCC(CC(=O)O)CC1. The van der Waals surface area contributed by atoms with Gasteiger partial charge in [0.05, 0.1) is 42.4 Å². The number of aromatic nitrogens is 2. The van der Waals surface area contributed by atoms with Crippen LogP contribution in [0.4, 0.5) is 38.0 Å². The second-order valence-electron chi connectivity index (χ2n) is 13.0. The number of carboxylic acids is 1. The Balaban J connectivity index is 1.40. The molecule has 1 amide bonds. The molecular formula is C33H41F6N5O4. The highest BCUT2D eigenvalue weighted by Crippen LogP contribution is 2.38. The molecule has 9 nitrogen and oxygen atoms in total. The third-order valence-corrected chi connectivity index (χ3v) is 9.80. The first-order chi connectivity index (χ1) is 22.7. The van der Waals surface area contributed by atoms with Crippen LogP contribution in [0.25, 0.3) is 0 Å². The first-order valence-electron chi connectivity index (χ1n) is 16.4. The summed E-state index contributed by atoms with van der Waals surface area (Å²) in [6.45, 7) is 4.32. The third kappa shape index (κ3) is 8.69. The number of hydrogen-bond acceptors (Lipinski definition) is 7. The topological polar surface area (TPSA) is 99.1 Å². The Morgan fingerprint density at radius 1 is 0.917 bits per heavy atom. The summed E-state index contributed by atoms with van der Waals surface area (Å²) in [5, 5.41) is 9.13. The number of ether oxygens (including phenoxy) is 1. The normalized spacial score (nSPS) is 24.0. The van der Waals surface area contributed by atoms with E-state index in [1.807, 2.05) is 16.7 Å². The van der Waals surface area contributed by atoms with Gasteiger partial charge in [0, 0.05) is 50.6 Å². The molecule has 2 saturated heterocycles. The maximum Gasteiger partial charge on any atom is 0.416 e. The summed E-state index contributed by atoms with van der Waals surface area (Å²) in [5.74, 6) is -0.814. The highest BCUT2D eigenvalue weighted by Gasteiger charge is 2.40. The van der Waals surface area contributed by atoms with Gasteiger partial charge in [-0.3, -0.25) is 9.59 Å². The summed E-state index contributed by atoms with van der Waals surface area (Å²) in [6.07, 6.45) is -2.68. The van der Waals surface area contributed by atoms with Crippen LogP contribution in [-0.2, 0) is 33.2 Å². The number of anilines is 2. The van der Waals surface area contributed by atoms with E-state index in [1.165, 1.54) is 0 Å². The van der Waals surface area contributed by atoms with E-state index in [0.29, 0.717) is 77.8 Å². The minimum absolute atomic E-state index is 0.0134. The zero-order valence-corrected chi connectivity index (χ0v) is 26.8. The van der Waals surface area contributed by atoms with Crippen molar-refractivity contribution in [3.05, 3.63) is 47.3 Å². The van der Waals surface area contributed by atoms with Crippen LogP contribution >= 0.6 is 0 Å². The summed E-state index contributed by atoms with van der Waals surface area (Å²) in [5.41, 5.74) is -2.23. The lowest BCUT2D eigenvalue weighted by Crippen LogP contribution is -2.53. The lowest BCUT2D eigenvalue weighted by Gasteiger charge is -2.45. The van der Waals surface area contributed by atoms with Crippen LogP contribution < -0.4 is 9.80 Å². The van der Waals surface area contributed by atoms with E-state index in [2.05, 4.69) is 9.97 Å². The molecular weight excluding hydrogens is 644 g/mol. The molecule has 2 aromatic rings. The van der Waals surface area contributed by atoms with Crippen molar-refractivity contribution in [3.8, 4) is 0 Å². The van der Waals surface area contributed by atoms with Crippen molar-refractivity contribution >= 4 is 23.5 Å². The highest BCUT2D eigenvalue weighted by atomic mass is 19.4. The van der Waals surface area contributed by atoms with Gasteiger partial charge in [-0.05, 0) is 74.6 Å². The predicted molar refractivity (Wildman–Crippen MR) is 164 cm³/mol. The summed E-state index contributed by atoms with van der Waals surface area (Å²) < 4.78 is 87.8. The second kappa shape index (κ2) is 14.9. The van der Waals surface area contributed by atoms with E-state index in [9.17, 15) is 35.9 Å². The third-order valence-electron chi connectivity index (χ3n) is 9.80. The molecule has 2 atom stereocenters. The lowest BCUT2D eigenvalue weighted by molar-refractivity contribution is -0.144. The first kappa shape index (κ1) is 35.7. The Hall–Kier alpha value is -3.62. The number of rotatable bonds is 9. The largest absolute Gasteiger partial charge is 0.481 e. The molecule has 1 aromatic heterocycles. The van der Waals surface area contributed by atoms with Gasteiger partial charge >= 0.3 is 18.3 Å². The van der Waals surface area contributed by atoms with Crippen molar-refractivity contribution < 1.29 is 45.8 Å². The van der Waals surface area contributed by atoms with Crippen LogP contribution in [0.2, 0.25) is 0 Å². The minimum Gasteiger partial charge on any atom is -0.481 e. The van der Waals surface area contributed by atoms with Crippen LogP contribution in [0.5, 0.6) is 0 Å². The van der Waals surface area contributed by atoms with Gasteiger partial charge in [0.25, 0.3) is 0 Å². The number of carbonyl (C=O) groups is 2. The molecule has 3 fully saturated rings. The molecule has 0 unspecified atom stereocenters. The first-order valence-corrected chi connectivity index (χ1v) is 16.4. The summed E-state index contributed by atoms with van der Waals surface area (Å²) in [6, 6.07) is 1.01. The molecule has 0 spiro atoms. The number of aliphatic carboxylic acids is 1. The van der Waals surface area contributed by atoms with Gasteiger partial charge in [0.1, 0.15) is 0 Å². The van der Waals surface area contributed by atoms with Crippen LogP contribution in [-0.4, -0.2) is 76.8 Å². The zero-order chi connectivity index (χ0) is 34.6. The van der Waals surface area contributed by atoms with Crippen molar-refractivity contribution in [1.82, 2.24) is 14.9 Å². The Morgan fingerprint density at radius 2 is 1.52 bits per heavy atom. The van der Waals surface area contributed by atoms with Gasteiger partial charge < -0.3 is 24.5 Å². The molecule has 3 heterocycles. The highest BCUT2D eigenvalue weighted by molar-refractivity contribution is 5.79. The van der Waals surface area contributed by atoms with Crippen LogP contribution in [0, 0.1) is 11.8 Å². The Bertz CT molecular complexity index is 1380. The van der Waals surface area contributed by atoms with Crippen molar-refractivity contribution in [2.24, 2.45) is 11.8 Å². The maximum atomic E-state index is 13.7.